The maximum atomic E-state index is 12.6. The van der Waals surface area contributed by atoms with Crippen LogP contribution in [0.1, 0.15) is 24.3 Å². The van der Waals surface area contributed by atoms with Gasteiger partial charge in [-0.1, -0.05) is 6.92 Å². The van der Waals surface area contributed by atoms with Crippen LogP contribution < -0.4 is 0 Å². The van der Waals surface area contributed by atoms with Crippen molar-refractivity contribution in [2.45, 2.75) is 26.4 Å². The first-order valence-electron chi connectivity index (χ1n) is 5.87. The van der Waals surface area contributed by atoms with Crippen LogP contribution in [0.3, 0.4) is 0 Å². The molecule has 9 heteroatoms. The summed E-state index contributed by atoms with van der Waals surface area (Å²) in [7, 11) is 0. The van der Waals surface area contributed by atoms with E-state index in [1.54, 1.807) is 6.20 Å². The average molecular weight is 285 g/mol. The molecule has 0 radical (unpaired) electrons. The van der Waals surface area contributed by atoms with Crippen molar-refractivity contribution in [2.75, 3.05) is 0 Å². The van der Waals surface area contributed by atoms with E-state index in [9.17, 15) is 13.2 Å². The van der Waals surface area contributed by atoms with Crippen molar-refractivity contribution in [3.05, 3.63) is 29.8 Å². The summed E-state index contributed by atoms with van der Waals surface area (Å²) in [5.74, 6) is -0.388. The Balaban J connectivity index is 2.15. The number of hydrogen-bond donors (Lipinski definition) is 0. The van der Waals surface area contributed by atoms with Gasteiger partial charge in [-0.3, -0.25) is 0 Å². The Bertz CT molecular complexity index is 767. The molecule has 0 aliphatic rings. The molecule has 0 saturated heterocycles. The van der Waals surface area contributed by atoms with Crippen molar-refractivity contribution in [1.29, 1.82) is 0 Å². The number of halogens is 3. The molecule has 0 aliphatic heterocycles. The summed E-state index contributed by atoms with van der Waals surface area (Å²) in [6, 6.07) is 0. The van der Waals surface area contributed by atoms with Crippen LogP contribution >= 0.6 is 0 Å². The first-order valence-corrected chi connectivity index (χ1v) is 5.87. The third kappa shape index (κ3) is 1.86. The lowest BCUT2D eigenvalue weighted by Crippen LogP contribution is -2.08. The lowest BCUT2D eigenvalue weighted by Gasteiger charge is -1.99. The Morgan fingerprint density at radius 3 is 2.70 bits per heavy atom. The number of alkyl halides is 3. The molecular weight excluding hydrogens is 275 g/mol. The van der Waals surface area contributed by atoms with E-state index < -0.39 is 12.0 Å². The zero-order chi connectivity index (χ0) is 14.5. The molecule has 3 aromatic heterocycles. The molecule has 6 nitrogen and oxygen atoms in total. The number of aryl methyl sites for hydroxylation is 2. The SMILES string of the molecule is CCc1cn2ncc(-n3nc(C(F)(F)F)nc3C)c2o1. The molecule has 0 fully saturated rings. The second kappa shape index (κ2) is 4.09. The zero-order valence-corrected chi connectivity index (χ0v) is 10.6. The predicted octanol–water partition coefficient (Wildman–Crippen LogP) is 2.40. The van der Waals surface area contributed by atoms with Gasteiger partial charge in [0.2, 0.25) is 5.71 Å². The summed E-state index contributed by atoms with van der Waals surface area (Å²) >= 11 is 0. The minimum atomic E-state index is -4.58. The summed E-state index contributed by atoms with van der Waals surface area (Å²) in [6.07, 6.45) is -0.858. The molecule has 20 heavy (non-hydrogen) atoms. The third-order valence-electron chi connectivity index (χ3n) is 2.82. The van der Waals surface area contributed by atoms with Crippen molar-refractivity contribution in [2.24, 2.45) is 0 Å². The highest BCUT2D eigenvalue weighted by Gasteiger charge is 2.37. The molecule has 3 aromatic rings. The number of aromatic nitrogens is 5. The molecule has 0 spiro atoms. The highest BCUT2D eigenvalue weighted by Crippen LogP contribution is 2.28. The van der Waals surface area contributed by atoms with Gasteiger partial charge in [-0.05, 0) is 6.92 Å². The first-order chi connectivity index (χ1) is 9.40. The normalized spacial score (nSPS) is 12.4. The van der Waals surface area contributed by atoms with Gasteiger partial charge in [-0.25, -0.2) is 14.2 Å². The third-order valence-corrected chi connectivity index (χ3v) is 2.82. The van der Waals surface area contributed by atoms with Crippen LogP contribution in [0.15, 0.2) is 16.8 Å². The van der Waals surface area contributed by atoms with Gasteiger partial charge in [0.25, 0.3) is 5.82 Å². The van der Waals surface area contributed by atoms with Crippen LogP contribution in [0.5, 0.6) is 0 Å². The molecule has 0 amide bonds. The fourth-order valence-corrected chi connectivity index (χ4v) is 1.87. The van der Waals surface area contributed by atoms with E-state index in [0.717, 1.165) is 4.68 Å². The standard InChI is InChI=1S/C11H10F3N5O/c1-3-7-5-18-9(20-7)8(4-15-18)19-6(2)16-10(17-19)11(12,13)14/h4-5H,3H2,1-2H3. The Kier molecular flexibility index (Phi) is 2.59. The van der Waals surface area contributed by atoms with Gasteiger partial charge in [0.05, 0.1) is 12.4 Å². The zero-order valence-electron chi connectivity index (χ0n) is 10.6. The number of oxazole rings is 1. The fraction of sp³-hybridized carbons (Fsp3) is 0.364. The molecule has 0 aliphatic carbocycles. The van der Waals surface area contributed by atoms with Crippen LogP contribution in [0, 0.1) is 6.92 Å². The molecule has 0 N–H and O–H groups in total. The van der Waals surface area contributed by atoms with Gasteiger partial charge in [-0.2, -0.15) is 18.3 Å². The summed E-state index contributed by atoms with van der Waals surface area (Å²) in [5.41, 5.74) is 0.661. The molecule has 106 valence electrons. The second-order valence-corrected chi connectivity index (χ2v) is 4.22. The van der Waals surface area contributed by atoms with E-state index in [-0.39, 0.29) is 5.82 Å². The Hall–Kier alpha value is -2.32. The molecule has 0 unspecified atom stereocenters. The summed E-state index contributed by atoms with van der Waals surface area (Å²) in [5, 5.41) is 7.51. The smallest absolute Gasteiger partial charge is 0.440 e. The average Bonchev–Trinajstić information content (AvgIpc) is 3.00. The molecule has 0 atom stereocenters. The Morgan fingerprint density at radius 2 is 2.10 bits per heavy atom. The van der Waals surface area contributed by atoms with Gasteiger partial charge in [0.1, 0.15) is 17.3 Å². The number of nitrogens with zero attached hydrogens (tertiary/aromatic N) is 5. The van der Waals surface area contributed by atoms with Crippen molar-refractivity contribution in [3.63, 3.8) is 0 Å². The highest BCUT2D eigenvalue weighted by molar-refractivity contribution is 5.55. The van der Waals surface area contributed by atoms with Gasteiger partial charge in [0, 0.05) is 6.42 Å². The quantitative estimate of drug-likeness (QED) is 0.725. The summed E-state index contributed by atoms with van der Waals surface area (Å²) in [4.78, 5) is 3.42. The van der Waals surface area contributed by atoms with E-state index in [0.29, 0.717) is 23.6 Å². The maximum Gasteiger partial charge on any atom is 0.453 e. The topological polar surface area (TPSA) is 61.2 Å². The highest BCUT2D eigenvalue weighted by atomic mass is 19.4. The number of hydrogen-bond acceptors (Lipinski definition) is 4. The van der Waals surface area contributed by atoms with E-state index >= 15 is 0 Å². The van der Waals surface area contributed by atoms with Crippen molar-refractivity contribution in [3.8, 4) is 5.69 Å². The van der Waals surface area contributed by atoms with Crippen LogP contribution in [0.25, 0.3) is 11.4 Å². The van der Waals surface area contributed by atoms with Crippen LogP contribution in [-0.2, 0) is 12.6 Å². The molecule has 0 aromatic carbocycles. The number of fused-ring (bicyclic) bond motifs is 1. The van der Waals surface area contributed by atoms with E-state index in [1.807, 2.05) is 6.92 Å². The first kappa shape index (κ1) is 12.7. The van der Waals surface area contributed by atoms with E-state index in [2.05, 4.69) is 15.2 Å². The second-order valence-electron chi connectivity index (χ2n) is 4.22. The predicted molar refractivity (Wildman–Crippen MR) is 61.5 cm³/mol. The Labute approximate surface area is 110 Å². The maximum absolute atomic E-state index is 12.6. The molecular formula is C11H10F3N5O. The molecule has 0 bridgehead atoms. The molecule has 3 heterocycles. The van der Waals surface area contributed by atoms with Gasteiger partial charge >= 0.3 is 6.18 Å². The lowest BCUT2D eigenvalue weighted by molar-refractivity contribution is -0.144. The van der Waals surface area contributed by atoms with Gasteiger partial charge in [0.15, 0.2) is 0 Å². The monoisotopic (exact) mass is 285 g/mol. The minimum Gasteiger partial charge on any atom is -0.440 e. The van der Waals surface area contributed by atoms with E-state index in [4.69, 9.17) is 4.42 Å². The van der Waals surface area contributed by atoms with Crippen molar-refractivity contribution < 1.29 is 17.6 Å². The lowest BCUT2D eigenvalue weighted by atomic mass is 10.4. The largest absolute Gasteiger partial charge is 0.453 e. The van der Waals surface area contributed by atoms with E-state index in [1.165, 1.54) is 17.6 Å². The summed E-state index contributed by atoms with van der Waals surface area (Å²) in [6.45, 7) is 3.34. The Morgan fingerprint density at radius 1 is 1.35 bits per heavy atom. The van der Waals surface area contributed by atoms with Crippen LogP contribution in [0.2, 0.25) is 0 Å². The van der Waals surface area contributed by atoms with Crippen molar-refractivity contribution in [1.82, 2.24) is 24.4 Å². The minimum absolute atomic E-state index is 0.113. The molecule has 0 saturated carbocycles. The van der Waals surface area contributed by atoms with Crippen molar-refractivity contribution >= 4 is 5.71 Å². The number of rotatable bonds is 2. The van der Waals surface area contributed by atoms with Crippen LogP contribution in [0.4, 0.5) is 13.2 Å². The molecule has 3 rings (SSSR count). The summed E-state index contributed by atoms with van der Waals surface area (Å²) < 4.78 is 45.9. The van der Waals surface area contributed by atoms with Crippen LogP contribution in [-0.4, -0.2) is 24.4 Å². The van der Waals surface area contributed by atoms with Gasteiger partial charge in [-0.15, -0.1) is 5.10 Å². The van der Waals surface area contributed by atoms with Gasteiger partial charge < -0.3 is 4.42 Å². The fourth-order valence-electron chi connectivity index (χ4n) is 1.87.